The molecule has 0 amide bonds. The first-order chi connectivity index (χ1) is 15.4. The number of oxime groups is 1. The lowest BCUT2D eigenvalue weighted by Gasteiger charge is -2.11. The number of ether oxygens (including phenoxy) is 1. The van der Waals surface area contributed by atoms with Crippen molar-refractivity contribution in [3.8, 4) is 5.75 Å². The van der Waals surface area contributed by atoms with Crippen LogP contribution in [0.1, 0.15) is 5.56 Å². The maximum Gasteiger partial charge on any atom is 0.437 e. The zero-order valence-electron chi connectivity index (χ0n) is 16.6. The molecule has 0 aliphatic heterocycles. The Morgan fingerprint density at radius 2 is 1.55 bits per heavy atom. The molecule has 0 spiro atoms. The van der Waals surface area contributed by atoms with E-state index in [4.69, 9.17) is 9.29 Å². The summed E-state index contributed by atoms with van der Waals surface area (Å²) >= 11 is 0. The minimum atomic E-state index is -5.05. The SMILES string of the molecule is O=S(=O)(O)CCOc1ccc(C(=NOS(=O)(=O)c2ccc3ccccc3c2)C(F)(F)F)cc1. The standard InChI is InChI=1S/C20H16F3NO7S2/c21-20(22,23)19(15-5-8-17(9-6-15)30-11-12-32(25,26)27)24-31-33(28,29)18-10-7-14-3-1-2-4-16(14)13-18/h1-10,13H,11-12H2,(H,25,26,27). The van der Waals surface area contributed by atoms with Crippen molar-refractivity contribution >= 4 is 36.7 Å². The third-order valence-electron chi connectivity index (χ3n) is 4.24. The summed E-state index contributed by atoms with van der Waals surface area (Å²) in [6, 6.07) is 14.8. The Morgan fingerprint density at radius 1 is 0.909 bits per heavy atom. The van der Waals surface area contributed by atoms with Crippen LogP contribution in [0, 0.1) is 0 Å². The fourth-order valence-corrected chi connectivity index (χ4v) is 3.75. The molecule has 0 bridgehead atoms. The first kappa shape index (κ1) is 24.5. The Kier molecular flexibility index (Phi) is 6.95. The summed E-state index contributed by atoms with van der Waals surface area (Å²) in [6.45, 7) is -0.425. The molecule has 3 rings (SSSR count). The molecule has 0 aromatic heterocycles. The van der Waals surface area contributed by atoms with Crippen molar-refractivity contribution in [2.24, 2.45) is 5.16 Å². The summed E-state index contributed by atoms with van der Waals surface area (Å²) in [7, 11) is -8.90. The van der Waals surface area contributed by atoms with Gasteiger partial charge in [-0.2, -0.15) is 30.0 Å². The topological polar surface area (TPSA) is 119 Å². The van der Waals surface area contributed by atoms with Crippen molar-refractivity contribution in [3.05, 3.63) is 72.3 Å². The summed E-state index contributed by atoms with van der Waals surface area (Å²) in [6.07, 6.45) is -5.05. The van der Waals surface area contributed by atoms with Crippen LogP contribution in [0.3, 0.4) is 0 Å². The zero-order valence-corrected chi connectivity index (χ0v) is 18.2. The minimum Gasteiger partial charge on any atom is -0.492 e. The van der Waals surface area contributed by atoms with Crippen LogP contribution in [0.25, 0.3) is 10.8 Å². The van der Waals surface area contributed by atoms with E-state index in [0.717, 1.165) is 29.7 Å². The van der Waals surface area contributed by atoms with E-state index in [1.54, 1.807) is 24.3 Å². The number of halogens is 3. The molecule has 0 radical (unpaired) electrons. The van der Waals surface area contributed by atoms with E-state index in [-0.39, 0.29) is 10.6 Å². The average molecular weight is 503 g/mol. The average Bonchev–Trinajstić information content (AvgIpc) is 2.72. The van der Waals surface area contributed by atoms with Crippen molar-refractivity contribution in [1.82, 2.24) is 0 Å². The van der Waals surface area contributed by atoms with Gasteiger partial charge in [0.1, 0.15) is 23.0 Å². The molecule has 0 saturated heterocycles. The van der Waals surface area contributed by atoms with Crippen molar-refractivity contribution in [1.29, 1.82) is 0 Å². The van der Waals surface area contributed by atoms with E-state index in [2.05, 4.69) is 9.44 Å². The summed E-state index contributed by atoms with van der Waals surface area (Å²) in [5.41, 5.74) is -2.12. The second-order valence-corrected chi connectivity index (χ2v) is 9.73. The summed E-state index contributed by atoms with van der Waals surface area (Å²) in [4.78, 5) is -0.367. The largest absolute Gasteiger partial charge is 0.492 e. The predicted molar refractivity (Wildman–Crippen MR) is 113 cm³/mol. The number of hydrogen-bond donors (Lipinski definition) is 1. The molecule has 0 aliphatic carbocycles. The fraction of sp³-hybridized carbons (Fsp3) is 0.150. The van der Waals surface area contributed by atoms with Crippen LogP contribution in [0.5, 0.6) is 5.75 Å². The molecule has 13 heteroatoms. The molecule has 0 fully saturated rings. The molecular weight excluding hydrogens is 487 g/mol. The van der Waals surface area contributed by atoms with Gasteiger partial charge in [-0.3, -0.25) is 8.84 Å². The second kappa shape index (κ2) is 9.37. The Bertz CT molecular complexity index is 1390. The van der Waals surface area contributed by atoms with Crippen molar-refractivity contribution in [2.75, 3.05) is 12.4 Å². The molecule has 3 aromatic carbocycles. The molecule has 0 saturated carbocycles. The lowest BCUT2D eigenvalue weighted by atomic mass is 10.1. The van der Waals surface area contributed by atoms with Crippen LogP contribution >= 0.6 is 0 Å². The summed E-state index contributed by atoms with van der Waals surface area (Å²) < 4.78 is 105. The van der Waals surface area contributed by atoms with Gasteiger partial charge in [0, 0.05) is 5.56 Å². The molecule has 3 aromatic rings. The molecular formula is C20H16F3NO7S2. The number of alkyl halides is 3. The van der Waals surface area contributed by atoms with E-state index in [0.29, 0.717) is 5.39 Å². The van der Waals surface area contributed by atoms with Gasteiger partial charge >= 0.3 is 16.3 Å². The van der Waals surface area contributed by atoms with Gasteiger partial charge in [0.2, 0.25) is 0 Å². The van der Waals surface area contributed by atoms with E-state index >= 15 is 0 Å². The Hall–Kier alpha value is -3.16. The van der Waals surface area contributed by atoms with Gasteiger partial charge in [-0.25, -0.2) is 0 Å². The first-order valence-corrected chi connectivity index (χ1v) is 12.1. The van der Waals surface area contributed by atoms with Crippen molar-refractivity contribution in [3.63, 3.8) is 0 Å². The number of nitrogens with zero attached hydrogens (tertiary/aromatic N) is 1. The predicted octanol–water partition coefficient (Wildman–Crippen LogP) is 3.78. The normalized spacial score (nSPS) is 13.2. The highest BCUT2D eigenvalue weighted by molar-refractivity contribution is 7.86. The molecule has 33 heavy (non-hydrogen) atoms. The molecule has 0 unspecified atom stereocenters. The molecule has 8 nitrogen and oxygen atoms in total. The van der Waals surface area contributed by atoms with Gasteiger partial charge in [-0.05, 0) is 47.2 Å². The van der Waals surface area contributed by atoms with Gasteiger partial charge in [0.25, 0.3) is 10.1 Å². The van der Waals surface area contributed by atoms with E-state index in [1.165, 1.54) is 18.2 Å². The number of hydrogen-bond acceptors (Lipinski definition) is 7. The second-order valence-electron chi connectivity index (χ2n) is 6.63. The quantitative estimate of drug-likeness (QED) is 0.282. The summed E-state index contributed by atoms with van der Waals surface area (Å²) in [5.74, 6) is -0.682. The Balaban J connectivity index is 1.82. The highest BCUT2D eigenvalue weighted by Gasteiger charge is 2.38. The lowest BCUT2D eigenvalue weighted by Crippen LogP contribution is -2.25. The summed E-state index contributed by atoms with van der Waals surface area (Å²) in [5, 5.41) is 4.15. The smallest absolute Gasteiger partial charge is 0.437 e. The first-order valence-electron chi connectivity index (χ1n) is 9.11. The van der Waals surface area contributed by atoms with Gasteiger partial charge < -0.3 is 4.74 Å². The van der Waals surface area contributed by atoms with Crippen molar-refractivity contribution < 1.29 is 43.6 Å². The van der Waals surface area contributed by atoms with Crippen LogP contribution < -0.4 is 4.74 Å². The van der Waals surface area contributed by atoms with Crippen molar-refractivity contribution in [2.45, 2.75) is 11.1 Å². The minimum absolute atomic E-state index is 0.0219. The monoisotopic (exact) mass is 503 g/mol. The highest BCUT2D eigenvalue weighted by atomic mass is 32.2. The lowest BCUT2D eigenvalue weighted by molar-refractivity contribution is -0.0597. The van der Waals surface area contributed by atoms with Gasteiger partial charge in [0.05, 0.1) is 0 Å². The maximum absolute atomic E-state index is 13.5. The molecule has 0 aliphatic rings. The Labute approximate surface area is 187 Å². The third-order valence-corrected chi connectivity index (χ3v) is 6.03. The van der Waals surface area contributed by atoms with Crippen LogP contribution in [0.4, 0.5) is 13.2 Å². The maximum atomic E-state index is 13.5. The Morgan fingerprint density at radius 3 is 2.15 bits per heavy atom. The van der Waals surface area contributed by atoms with Crippen LogP contribution in [-0.2, 0) is 24.5 Å². The molecule has 176 valence electrons. The van der Waals surface area contributed by atoms with Gasteiger partial charge in [-0.15, -0.1) is 0 Å². The van der Waals surface area contributed by atoms with Gasteiger partial charge in [0.15, 0.2) is 5.71 Å². The molecule has 0 atom stereocenters. The van der Waals surface area contributed by atoms with Crippen LogP contribution in [0.2, 0.25) is 0 Å². The van der Waals surface area contributed by atoms with Gasteiger partial charge in [-0.1, -0.05) is 35.5 Å². The zero-order chi connectivity index (χ0) is 24.3. The molecule has 1 N–H and O–H groups in total. The highest BCUT2D eigenvalue weighted by Crippen LogP contribution is 2.26. The van der Waals surface area contributed by atoms with E-state index in [1.807, 2.05) is 0 Å². The number of rotatable bonds is 8. The number of fused-ring (bicyclic) bond motifs is 1. The van der Waals surface area contributed by atoms with Crippen LogP contribution in [-0.4, -0.2) is 45.6 Å². The van der Waals surface area contributed by atoms with E-state index in [9.17, 15) is 30.0 Å². The fourth-order valence-electron chi connectivity index (χ4n) is 2.69. The third kappa shape index (κ3) is 6.66. The van der Waals surface area contributed by atoms with E-state index < -0.39 is 50.0 Å². The molecule has 0 heterocycles. The van der Waals surface area contributed by atoms with Crippen LogP contribution in [0.15, 0.2) is 76.8 Å². The number of benzene rings is 3.